The number of hydrogen-bond donors (Lipinski definition) is 1. The summed E-state index contributed by atoms with van der Waals surface area (Å²) in [4.78, 5) is 12.2. The number of aliphatic hydroxyl groups is 1. The van der Waals surface area contributed by atoms with Gasteiger partial charge in [-0.2, -0.15) is 0 Å². The molecule has 2 heteroatoms. The van der Waals surface area contributed by atoms with Crippen LogP contribution in [0.5, 0.6) is 0 Å². The fraction of sp³-hybridized carbons (Fsp3) is 0.957. The number of carbonyl (C=O) groups excluding carboxylic acids is 1. The smallest absolute Gasteiger partial charge is 0.133 e. The summed E-state index contributed by atoms with van der Waals surface area (Å²) in [7, 11) is 0. The van der Waals surface area contributed by atoms with Crippen molar-refractivity contribution < 1.29 is 9.90 Å². The highest BCUT2D eigenvalue weighted by Gasteiger charge is 2.31. The monoisotopic (exact) mass is 350 g/mol. The van der Waals surface area contributed by atoms with E-state index in [1.807, 2.05) is 0 Å². The third-order valence-electron chi connectivity index (χ3n) is 7.47. The van der Waals surface area contributed by atoms with Crippen LogP contribution in [0.25, 0.3) is 0 Å². The molecule has 2 fully saturated rings. The van der Waals surface area contributed by atoms with E-state index >= 15 is 0 Å². The van der Waals surface area contributed by atoms with E-state index < -0.39 is 0 Å². The summed E-state index contributed by atoms with van der Waals surface area (Å²) in [6, 6.07) is 0. The van der Waals surface area contributed by atoms with Crippen LogP contribution in [0.15, 0.2) is 0 Å². The average molecular weight is 351 g/mol. The Bertz CT molecular complexity index is 376. The van der Waals surface area contributed by atoms with E-state index in [2.05, 4.69) is 13.8 Å². The van der Waals surface area contributed by atoms with Gasteiger partial charge in [0.25, 0.3) is 0 Å². The molecule has 0 bridgehead atoms. The van der Waals surface area contributed by atoms with Gasteiger partial charge in [0.15, 0.2) is 0 Å². The minimum absolute atomic E-state index is 0.184. The summed E-state index contributed by atoms with van der Waals surface area (Å²) < 4.78 is 0. The molecule has 2 aliphatic carbocycles. The van der Waals surface area contributed by atoms with Gasteiger partial charge < -0.3 is 5.11 Å². The molecule has 0 spiro atoms. The standard InChI is InChI=1S/C23H42O2/c1-4-6-19-9-13-21(14-10-19)23(25)16-15-22(17(3)24)20-11-7-18(5-2)8-12-20/h18-23,25H,4-16H2,1-3H3. The molecule has 0 radical (unpaired) electrons. The van der Waals surface area contributed by atoms with Crippen LogP contribution in [-0.4, -0.2) is 17.0 Å². The van der Waals surface area contributed by atoms with E-state index in [0.29, 0.717) is 17.6 Å². The zero-order chi connectivity index (χ0) is 18.2. The second-order valence-corrected chi connectivity index (χ2v) is 9.12. The third kappa shape index (κ3) is 6.38. The molecule has 0 aromatic rings. The zero-order valence-corrected chi connectivity index (χ0v) is 17.0. The van der Waals surface area contributed by atoms with Crippen LogP contribution in [0.1, 0.15) is 104 Å². The predicted molar refractivity (Wildman–Crippen MR) is 106 cm³/mol. The molecule has 2 aliphatic rings. The molecule has 0 amide bonds. The normalized spacial score (nSPS) is 33.0. The van der Waals surface area contributed by atoms with Crippen molar-refractivity contribution >= 4 is 5.78 Å². The molecular weight excluding hydrogens is 308 g/mol. The van der Waals surface area contributed by atoms with Crippen molar-refractivity contribution in [1.82, 2.24) is 0 Å². The Morgan fingerprint density at radius 2 is 1.44 bits per heavy atom. The van der Waals surface area contributed by atoms with Crippen LogP contribution in [0.2, 0.25) is 0 Å². The van der Waals surface area contributed by atoms with Gasteiger partial charge in [-0.15, -0.1) is 0 Å². The summed E-state index contributed by atoms with van der Waals surface area (Å²) in [6.45, 7) is 6.34. The van der Waals surface area contributed by atoms with Crippen molar-refractivity contribution in [3.05, 3.63) is 0 Å². The van der Waals surface area contributed by atoms with E-state index in [1.54, 1.807) is 6.92 Å². The highest BCUT2D eigenvalue weighted by atomic mass is 16.3. The minimum atomic E-state index is -0.184. The molecule has 0 aromatic heterocycles. The Hall–Kier alpha value is -0.370. The number of aliphatic hydroxyl groups excluding tert-OH is 1. The average Bonchev–Trinajstić information content (AvgIpc) is 2.63. The second kappa shape index (κ2) is 10.7. The Balaban J connectivity index is 1.76. The lowest BCUT2D eigenvalue weighted by molar-refractivity contribution is -0.123. The molecule has 0 aliphatic heterocycles. The van der Waals surface area contributed by atoms with Crippen molar-refractivity contribution in [3.63, 3.8) is 0 Å². The first kappa shape index (κ1) is 20.9. The Labute approximate surface area is 156 Å². The van der Waals surface area contributed by atoms with Gasteiger partial charge in [0.1, 0.15) is 5.78 Å². The van der Waals surface area contributed by atoms with Gasteiger partial charge >= 0.3 is 0 Å². The van der Waals surface area contributed by atoms with Gasteiger partial charge in [0.05, 0.1) is 6.10 Å². The maximum Gasteiger partial charge on any atom is 0.133 e. The van der Waals surface area contributed by atoms with Gasteiger partial charge in [0.2, 0.25) is 0 Å². The van der Waals surface area contributed by atoms with Crippen LogP contribution in [0, 0.1) is 29.6 Å². The molecular formula is C23H42O2. The number of Topliss-reactive ketones (excluding diaryl/α,β-unsaturated/α-hetero) is 1. The largest absolute Gasteiger partial charge is 0.393 e. The van der Waals surface area contributed by atoms with Crippen LogP contribution in [0.4, 0.5) is 0 Å². The first-order chi connectivity index (χ1) is 12.0. The maximum atomic E-state index is 12.2. The first-order valence-corrected chi connectivity index (χ1v) is 11.2. The van der Waals surface area contributed by atoms with Crippen LogP contribution in [-0.2, 0) is 4.79 Å². The summed E-state index contributed by atoms with van der Waals surface area (Å²) in [6.07, 6.45) is 15.5. The van der Waals surface area contributed by atoms with Crippen molar-refractivity contribution in [1.29, 1.82) is 0 Å². The second-order valence-electron chi connectivity index (χ2n) is 9.12. The highest BCUT2D eigenvalue weighted by molar-refractivity contribution is 5.78. The third-order valence-corrected chi connectivity index (χ3v) is 7.47. The number of hydrogen-bond acceptors (Lipinski definition) is 2. The first-order valence-electron chi connectivity index (χ1n) is 11.2. The molecule has 25 heavy (non-hydrogen) atoms. The zero-order valence-electron chi connectivity index (χ0n) is 17.0. The van der Waals surface area contributed by atoms with E-state index in [-0.39, 0.29) is 12.0 Å². The van der Waals surface area contributed by atoms with E-state index in [0.717, 1.165) is 24.7 Å². The van der Waals surface area contributed by atoms with Gasteiger partial charge in [-0.3, -0.25) is 4.79 Å². The molecule has 2 unspecified atom stereocenters. The molecule has 2 nitrogen and oxygen atoms in total. The Morgan fingerprint density at radius 1 is 0.880 bits per heavy atom. The minimum Gasteiger partial charge on any atom is -0.393 e. The quantitative estimate of drug-likeness (QED) is 0.541. The lowest BCUT2D eigenvalue weighted by Crippen LogP contribution is -2.30. The maximum absolute atomic E-state index is 12.2. The predicted octanol–water partition coefficient (Wildman–Crippen LogP) is 6.16. The number of carbonyl (C=O) groups is 1. The lowest BCUT2D eigenvalue weighted by Gasteiger charge is -2.34. The summed E-state index contributed by atoms with van der Waals surface area (Å²) in [5, 5.41) is 10.7. The summed E-state index contributed by atoms with van der Waals surface area (Å²) in [5.41, 5.74) is 0. The van der Waals surface area contributed by atoms with E-state index in [9.17, 15) is 9.90 Å². The molecule has 1 N–H and O–H groups in total. The van der Waals surface area contributed by atoms with E-state index in [1.165, 1.54) is 70.6 Å². The fourth-order valence-electron chi connectivity index (χ4n) is 5.63. The molecule has 146 valence electrons. The SMILES string of the molecule is CCCC1CCC(C(O)CCC(C(C)=O)C2CCC(CC)CC2)CC1. The molecule has 2 rings (SSSR count). The van der Waals surface area contributed by atoms with Crippen molar-refractivity contribution in [3.8, 4) is 0 Å². The van der Waals surface area contributed by atoms with Crippen molar-refractivity contribution in [2.75, 3.05) is 0 Å². The van der Waals surface area contributed by atoms with Gasteiger partial charge in [-0.25, -0.2) is 0 Å². The van der Waals surface area contributed by atoms with E-state index in [4.69, 9.17) is 0 Å². The van der Waals surface area contributed by atoms with Gasteiger partial charge in [-0.05, 0) is 69.1 Å². The van der Waals surface area contributed by atoms with Crippen molar-refractivity contribution in [2.45, 2.75) is 110 Å². The number of ketones is 1. The molecule has 0 saturated heterocycles. The molecule has 0 heterocycles. The van der Waals surface area contributed by atoms with Crippen LogP contribution in [0.3, 0.4) is 0 Å². The summed E-state index contributed by atoms with van der Waals surface area (Å²) in [5.74, 6) is 3.40. The topological polar surface area (TPSA) is 37.3 Å². The molecule has 2 saturated carbocycles. The van der Waals surface area contributed by atoms with Gasteiger partial charge in [0, 0.05) is 5.92 Å². The Morgan fingerprint density at radius 3 is 1.96 bits per heavy atom. The summed E-state index contributed by atoms with van der Waals surface area (Å²) >= 11 is 0. The van der Waals surface area contributed by atoms with Crippen LogP contribution >= 0.6 is 0 Å². The Kier molecular flexibility index (Phi) is 8.96. The molecule has 0 aromatic carbocycles. The fourth-order valence-corrected chi connectivity index (χ4v) is 5.63. The molecule has 2 atom stereocenters. The van der Waals surface area contributed by atoms with Crippen LogP contribution < -0.4 is 0 Å². The van der Waals surface area contributed by atoms with Gasteiger partial charge in [-0.1, -0.05) is 58.8 Å². The highest BCUT2D eigenvalue weighted by Crippen LogP contribution is 2.39. The van der Waals surface area contributed by atoms with Crippen molar-refractivity contribution in [2.24, 2.45) is 29.6 Å². The lowest BCUT2D eigenvalue weighted by atomic mass is 9.71. The number of rotatable bonds is 9.